The van der Waals surface area contributed by atoms with Gasteiger partial charge < -0.3 is 9.47 Å². The first-order chi connectivity index (χ1) is 18.5. The van der Waals surface area contributed by atoms with Crippen molar-refractivity contribution in [2.24, 2.45) is 10.8 Å². The fraction of sp³-hybridized carbons (Fsp3) is 0.900. The van der Waals surface area contributed by atoms with Crippen LogP contribution in [0.3, 0.4) is 0 Å². The number of hydrogen-bond acceptors (Lipinski definition) is 7. The Labute approximate surface area is 243 Å². The third-order valence-electron chi connectivity index (χ3n) is 7.95. The van der Waals surface area contributed by atoms with E-state index in [9.17, 15) is 13.2 Å². The molecule has 2 atom stereocenters. The Kier molecular flexibility index (Phi) is 12.8. The summed E-state index contributed by atoms with van der Waals surface area (Å²) < 4.78 is 42.4. The molecule has 1 N–H and O–H groups in total. The highest BCUT2D eigenvalue weighted by Gasteiger charge is 2.45. The number of nitrogens with zero attached hydrogens (tertiary/aromatic N) is 3. The Bertz CT molecular complexity index is 1030. The molecule has 1 saturated carbocycles. The highest BCUT2D eigenvalue weighted by molar-refractivity contribution is 7.90. The summed E-state index contributed by atoms with van der Waals surface area (Å²) in [5.41, 5.74) is 0.245. The monoisotopic (exact) mass is 584 g/mol. The highest BCUT2D eigenvalue weighted by Crippen LogP contribution is 2.43. The molecule has 0 bridgehead atoms. The summed E-state index contributed by atoms with van der Waals surface area (Å²) in [7, 11) is -3.57. The van der Waals surface area contributed by atoms with Gasteiger partial charge in [0, 0.05) is 37.8 Å². The van der Waals surface area contributed by atoms with Crippen LogP contribution in [0.2, 0.25) is 0 Å². The maximum Gasteiger partial charge on any atom is 0.217 e. The van der Waals surface area contributed by atoms with E-state index in [1.54, 1.807) is 0 Å². The molecule has 2 unspecified atom stereocenters. The molecule has 0 saturated heterocycles. The maximum atomic E-state index is 13.6. The van der Waals surface area contributed by atoms with Gasteiger partial charge in [-0.15, -0.1) is 5.10 Å². The molecule has 40 heavy (non-hydrogen) atoms. The van der Waals surface area contributed by atoms with E-state index in [4.69, 9.17) is 9.47 Å². The largest absolute Gasteiger partial charge is 0.381 e. The van der Waals surface area contributed by atoms with Crippen molar-refractivity contribution in [3.05, 3.63) is 11.9 Å². The lowest BCUT2D eigenvalue weighted by atomic mass is 9.74. The van der Waals surface area contributed by atoms with Crippen molar-refractivity contribution in [2.75, 3.05) is 33.0 Å². The average molecular weight is 585 g/mol. The van der Waals surface area contributed by atoms with Crippen LogP contribution >= 0.6 is 0 Å². The van der Waals surface area contributed by atoms with Gasteiger partial charge in [0.25, 0.3) is 0 Å². The molecule has 0 amide bonds. The Morgan fingerprint density at radius 1 is 0.975 bits per heavy atom. The fourth-order valence-electron chi connectivity index (χ4n) is 5.44. The predicted molar refractivity (Wildman–Crippen MR) is 160 cm³/mol. The number of rotatable bonds is 14. The van der Waals surface area contributed by atoms with E-state index in [0.717, 1.165) is 37.8 Å². The van der Waals surface area contributed by atoms with Crippen LogP contribution in [0.15, 0.2) is 6.20 Å². The zero-order chi connectivity index (χ0) is 30.1. The van der Waals surface area contributed by atoms with Gasteiger partial charge in [-0.3, -0.25) is 4.79 Å². The molecule has 0 aromatic carbocycles. The normalized spacial score (nSPS) is 23.4. The molecule has 1 aliphatic carbocycles. The number of ether oxygens (including phenoxy) is 2. The summed E-state index contributed by atoms with van der Waals surface area (Å²) in [6.07, 6.45) is 10.2. The summed E-state index contributed by atoms with van der Waals surface area (Å²) in [6.45, 7) is 18.1. The quantitative estimate of drug-likeness (QED) is 0.290. The molecule has 1 aromatic rings. The van der Waals surface area contributed by atoms with Gasteiger partial charge in [0.05, 0.1) is 29.2 Å². The lowest BCUT2D eigenvalue weighted by Gasteiger charge is -2.38. The van der Waals surface area contributed by atoms with Gasteiger partial charge in [0.15, 0.2) is 0 Å². The van der Waals surface area contributed by atoms with Crippen LogP contribution in [0.25, 0.3) is 0 Å². The molecule has 0 spiro atoms. The van der Waals surface area contributed by atoms with Gasteiger partial charge in [-0.25, -0.2) is 17.8 Å². The standard InChI is InChI=1S/C30H56N4O5S/c1-27(2,3)26(35)14-20-38-18-13-19-39-21-17-31-40(36,37)30(8)16-12-10-9-11-15-29(7,24-30)22-25-23-34(33-32-25)28(4,5)6/h23,31H,9-22,24H2,1-8H3. The van der Waals surface area contributed by atoms with E-state index >= 15 is 0 Å². The summed E-state index contributed by atoms with van der Waals surface area (Å²) >= 11 is 0. The fourth-order valence-corrected chi connectivity index (χ4v) is 7.09. The number of sulfonamides is 1. The van der Waals surface area contributed by atoms with E-state index in [1.165, 1.54) is 0 Å². The van der Waals surface area contributed by atoms with Crippen LogP contribution < -0.4 is 4.72 Å². The van der Waals surface area contributed by atoms with E-state index < -0.39 is 14.8 Å². The van der Waals surface area contributed by atoms with Crippen LogP contribution in [0.5, 0.6) is 0 Å². The molecule has 9 nitrogen and oxygen atoms in total. The Morgan fingerprint density at radius 2 is 1.60 bits per heavy atom. The highest BCUT2D eigenvalue weighted by atomic mass is 32.2. The number of carbonyl (C=O) groups is 1. The molecule has 0 aliphatic heterocycles. The van der Waals surface area contributed by atoms with Crippen molar-refractivity contribution in [3.8, 4) is 0 Å². The minimum absolute atomic E-state index is 0.145. The topological polar surface area (TPSA) is 112 Å². The van der Waals surface area contributed by atoms with E-state index in [2.05, 4.69) is 42.7 Å². The van der Waals surface area contributed by atoms with Crippen LogP contribution in [-0.2, 0) is 36.3 Å². The SMILES string of the molecule is CC1(Cc2cn(C(C)(C)C)nn2)CCCCCCC(C)(S(=O)(=O)NCCOCCCOCCC(=O)C(C)(C)C)C1. The third-order valence-corrected chi connectivity index (χ3v) is 10.2. The van der Waals surface area contributed by atoms with E-state index in [0.29, 0.717) is 58.5 Å². The third kappa shape index (κ3) is 11.1. The van der Waals surface area contributed by atoms with Crippen molar-refractivity contribution < 1.29 is 22.7 Å². The molecule has 0 radical (unpaired) electrons. The second-order valence-corrected chi connectivity index (χ2v) is 16.5. The molecule has 1 fully saturated rings. The summed E-state index contributed by atoms with van der Waals surface area (Å²) in [5.74, 6) is 0.193. The minimum Gasteiger partial charge on any atom is -0.381 e. The van der Waals surface area contributed by atoms with Crippen molar-refractivity contribution in [2.45, 2.75) is 130 Å². The smallest absolute Gasteiger partial charge is 0.217 e. The van der Waals surface area contributed by atoms with Crippen LogP contribution in [0.4, 0.5) is 0 Å². The first kappa shape index (κ1) is 34.8. The predicted octanol–water partition coefficient (Wildman–Crippen LogP) is 5.43. The first-order valence-electron chi connectivity index (χ1n) is 15.1. The minimum atomic E-state index is -3.57. The molecule has 232 valence electrons. The number of Topliss-reactive ketones (excluding diaryl/α,β-unsaturated/α-hetero) is 1. The second kappa shape index (κ2) is 14.7. The lowest BCUT2D eigenvalue weighted by Crippen LogP contribution is -2.48. The van der Waals surface area contributed by atoms with Gasteiger partial charge >= 0.3 is 0 Å². The molecular weight excluding hydrogens is 528 g/mol. The van der Waals surface area contributed by atoms with Crippen molar-refractivity contribution in [3.63, 3.8) is 0 Å². The van der Waals surface area contributed by atoms with Crippen molar-refractivity contribution in [1.29, 1.82) is 0 Å². The molecule has 2 rings (SSSR count). The second-order valence-electron chi connectivity index (χ2n) is 14.3. The number of ketones is 1. The van der Waals surface area contributed by atoms with Gasteiger partial charge in [-0.2, -0.15) is 0 Å². The average Bonchev–Trinajstić information content (AvgIpc) is 3.31. The summed E-state index contributed by atoms with van der Waals surface area (Å²) in [5, 5.41) is 8.77. The molecule has 1 aromatic heterocycles. The number of hydrogen-bond donors (Lipinski definition) is 1. The Morgan fingerprint density at radius 3 is 2.20 bits per heavy atom. The summed E-state index contributed by atoms with van der Waals surface area (Å²) in [6, 6.07) is 0. The zero-order valence-corrected chi connectivity index (χ0v) is 27.3. The van der Waals surface area contributed by atoms with Gasteiger partial charge in [-0.1, -0.05) is 58.6 Å². The lowest BCUT2D eigenvalue weighted by molar-refractivity contribution is -0.127. The molecule has 10 heteroatoms. The maximum absolute atomic E-state index is 13.6. The molecular formula is C30H56N4O5S. The summed E-state index contributed by atoms with van der Waals surface area (Å²) in [4.78, 5) is 11.9. The van der Waals surface area contributed by atoms with Crippen molar-refractivity contribution in [1.82, 2.24) is 19.7 Å². The van der Waals surface area contributed by atoms with Gasteiger partial charge in [0.1, 0.15) is 5.78 Å². The van der Waals surface area contributed by atoms with Crippen LogP contribution in [-0.4, -0.2) is 66.9 Å². The number of nitrogens with one attached hydrogen (secondary N) is 1. The van der Waals surface area contributed by atoms with E-state index in [-0.39, 0.29) is 28.7 Å². The first-order valence-corrected chi connectivity index (χ1v) is 16.6. The Balaban J connectivity index is 1.86. The van der Waals surface area contributed by atoms with Crippen molar-refractivity contribution >= 4 is 15.8 Å². The van der Waals surface area contributed by atoms with E-state index in [1.807, 2.05) is 38.6 Å². The molecule has 1 aliphatic rings. The Hall–Kier alpha value is -1.36. The van der Waals surface area contributed by atoms with Crippen LogP contribution in [0, 0.1) is 10.8 Å². The number of carbonyl (C=O) groups excluding carboxylic acids is 1. The molecule has 1 heterocycles. The van der Waals surface area contributed by atoms with Gasteiger partial charge in [0.2, 0.25) is 10.0 Å². The van der Waals surface area contributed by atoms with Gasteiger partial charge in [-0.05, 0) is 65.2 Å². The zero-order valence-electron chi connectivity index (χ0n) is 26.5. The van der Waals surface area contributed by atoms with Crippen LogP contribution in [0.1, 0.15) is 119 Å². The number of aromatic nitrogens is 3.